The summed E-state index contributed by atoms with van der Waals surface area (Å²) in [6.07, 6.45) is 2.33. The number of benzene rings is 2. The van der Waals surface area contributed by atoms with E-state index in [0.29, 0.717) is 5.75 Å². The number of rotatable bonds is 4. The molecule has 0 aromatic heterocycles. The summed E-state index contributed by atoms with van der Waals surface area (Å²) in [5.41, 5.74) is -0.327. The minimum Gasteiger partial charge on any atom is -0.490 e. The molecular weight excluding hydrogens is 342 g/mol. The zero-order chi connectivity index (χ0) is 15.0. The van der Waals surface area contributed by atoms with Crippen molar-refractivity contribution in [3.63, 3.8) is 0 Å². The lowest BCUT2D eigenvalue weighted by molar-refractivity contribution is 0.103. The molecule has 3 rings (SSSR count). The summed E-state index contributed by atoms with van der Waals surface area (Å²) in [7, 11) is 0. The third-order valence-corrected chi connectivity index (χ3v) is 3.64. The van der Waals surface area contributed by atoms with E-state index in [1.165, 1.54) is 12.1 Å². The number of hydrogen-bond acceptors (Lipinski definition) is 2. The highest BCUT2D eigenvalue weighted by Crippen LogP contribution is 2.27. The number of carbonyl (C=O) groups excluding carboxylic acids is 1. The van der Waals surface area contributed by atoms with Gasteiger partial charge in [0.05, 0.1) is 11.7 Å². The molecule has 1 aliphatic rings. The monoisotopic (exact) mass is 352 g/mol. The largest absolute Gasteiger partial charge is 0.490 e. The Morgan fingerprint density at radius 1 is 1.10 bits per heavy atom. The van der Waals surface area contributed by atoms with Crippen LogP contribution in [0.5, 0.6) is 5.75 Å². The molecule has 0 bridgehead atoms. The van der Waals surface area contributed by atoms with Crippen molar-refractivity contribution in [3.8, 4) is 5.75 Å². The van der Waals surface area contributed by atoms with Crippen molar-refractivity contribution in [1.82, 2.24) is 0 Å². The van der Waals surface area contributed by atoms with E-state index in [2.05, 4.69) is 15.9 Å². The molecule has 5 heteroatoms. The topological polar surface area (TPSA) is 26.3 Å². The fraction of sp³-hybridized carbons (Fsp3) is 0.188. The van der Waals surface area contributed by atoms with E-state index in [-0.39, 0.29) is 16.1 Å². The van der Waals surface area contributed by atoms with E-state index >= 15 is 0 Å². The molecule has 0 amide bonds. The Bertz CT molecular complexity index is 671. The van der Waals surface area contributed by atoms with Crippen LogP contribution < -0.4 is 4.74 Å². The van der Waals surface area contributed by atoms with Gasteiger partial charge in [-0.2, -0.15) is 0 Å². The summed E-state index contributed by atoms with van der Waals surface area (Å²) in [6, 6.07) is 8.45. The standard InChI is InChI=1S/C16H11BrF2O2/c17-10-7-13(18)15(14(19)8-10)16(20)9-1-3-11(4-2-9)21-12-5-6-12/h1-4,7-8,12H,5-6H2. The van der Waals surface area contributed by atoms with Gasteiger partial charge in [0.2, 0.25) is 0 Å². The number of halogens is 3. The first kappa shape index (κ1) is 14.2. The summed E-state index contributed by atoms with van der Waals surface area (Å²) in [5, 5.41) is 0. The predicted octanol–water partition coefficient (Wildman–Crippen LogP) is 4.50. The minimum absolute atomic E-state index is 0.221. The van der Waals surface area contributed by atoms with Crippen LogP contribution >= 0.6 is 15.9 Å². The smallest absolute Gasteiger partial charge is 0.198 e. The first-order chi connectivity index (χ1) is 10.0. The summed E-state index contributed by atoms with van der Waals surface area (Å²) in [4.78, 5) is 12.2. The highest BCUT2D eigenvalue weighted by molar-refractivity contribution is 9.10. The molecule has 0 radical (unpaired) electrons. The van der Waals surface area contributed by atoms with Crippen LogP contribution in [0.25, 0.3) is 0 Å². The molecule has 108 valence electrons. The SMILES string of the molecule is O=C(c1ccc(OC2CC2)cc1)c1c(F)cc(Br)cc1F. The van der Waals surface area contributed by atoms with Gasteiger partial charge in [-0.3, -0.25) is 4.79 Å². The normalized spacial score (nSPS) is 14.0. The van der Waals surface area contributed by atoms with E-state index in [9.17, 15) is 13.6 Å². The molecule has 0 saturated heterocycles. The van der Waals surface area contributed by atoms with Gasteiger partial charge < -0.3 is 4.74 Å². The Balaban J connectivity index is 1.87. The molecule has 0 N–H and O–H groups in total. The van der Waals surface area contributed by atoms with Gasteiger partial charge in [-0.25, -0.2) is 8.78 Å². The maximum atomic E-state index is 13.8. The molecule has 2 nitrogen and oxygen atoms in total. The summed E-state index contributed by atoms with van der Waals surface area (Å²) in [5.74, 6) is -1.79. The van der Waals surface area contributed by atoms with Crippen molar-refractivity contribution in [1.29, 1.82) is 0 Å². The molecule has 1 aliphatic carbocycles. The van der Waals surface area contributed by atoms with Crippen LogP contribution in [-0.4, -0.2) is 11.9 Å². The highest BCUT2D eigenvalue weighted by Gasteiger charge is 2.24. The lowest BCUT2D eigenvalue weighted by Crippen LogP contribution is -2.08. The van der Waals surface area contributed by atoms with E-state index in [1.807, 2.05) is 0 Å². The second-order valence-corrected chi connectivity index (χ2v) is 5.83. The van der Waals surface area contributed by atoms with Crippen molar-refractivity contribution in [2.24, 2.45) is 0 Å². The second-order valence-electron chi connectivity index (χ2n) is 4.92. The number of hydrogen-bond donors (Lipinski definition) is 0. The summed E-state index contributed by atoms with van der Waals surface area (Å²) < 4.78 is 33.4. The molecule has 2 aromatic carbocycles. The van der Waals surface area contributed by atoms with Crippen LogP contribution in [-0.2, 0) is 0 Å². The molecule has 1 fully saturated rings. The van der Waals surface area contributed by atoms with Crippen LogP contribution in [0.1, 0.15) is 28.8 Å². The Morgan fingerprint density at radius 3 is 2.19 bits per heavy atom. The summed E-state index contributed by atoms with van der Waals surface area (Å²) in [6.45, 7) is 0. The van der Waals surface area contributed by atoms with Crippen LogP contribution in [0.15, 0.2) is 40.9 Å². The van der Waals surface area contributed by atoms with Crippen molar-refractivity contribution in [2.75, 3.05) is 0 Å². The molecule has 0 aliphatic heterocycles. The van der Waals surface area contributed by atoms with Gasteiger partial charge in [0.25, 0.3) is 0 Å². The molecule has 0 atom stereocenters. The van der Waals surface area contributed by atoms with Gasteiger partial charge in [-0.05, 0) is 49.2 Å². The maximum Gasteiger partial charge on any atom is 0.198 e. The molecule has 21 heavy (non-hydrogen) atoms. The Hall–Kier alpha value is -1.75. The zero-order valence-corrected chi connectivity index (χ0v) is 12.5. The van der Waals surface area contributed by atoms with Gasteiger partial charge in [-0.1, -0.05) is 15.9 Å². The molecule has 0 heterocycles. The van der Waals surface area contributed by atoms with Crippen LogP contribution in [0.4, 0.5) is 8.78 Å². The molecule has 0 spiro atoms. The van der Waals surface area contributed by atoms with Crippen molar-refractivity contribution < 1.29 is 18.3 Å². The lowest BCUT2D eigenvalue weighted by atomic mass is 10.0. The average molecular weight is 353 g/mol. The van der Waals surface area contributed by atoms with E-state index in [1.54, 1.807) is 12.1 Å². The van der Waals surface area contributed by atoms with Gasteiger partial charge in [-0.15, -0.1) is 0 Å². The van der Waals surface area contributed by atoms with Crippen LogP contribution in [0.2, 0.25) is 0 Å². The number of ether oxygens (including phenoxy) is 1. The van der Waals surface area contributed by atoms with Crippen molar-refractivity contribution in [2.45, 2.75) is 18.9 Å². The zero-order valence-electron chi connectivity index (χ0n) is 10.9. The van der Waals surface area contributed by atoms with Gasteiger partial charge in [0, 0.05) is 10.0 Å². The Kier molecular flexibility index (Phi) is 3.76. The van der Waals surface area contributed by atoms with Crippen molar-refractivity contribution >= 4 is 21.7 Å². The third-order valence-electron chi connectivity index (χ3n) is 3.18. The molecule has 1 saturated carbocycles. The highest BCUT2D eigenvalue weighted by atomic mass is 79.9. The van der Waals surface area contributed by atoms with Crippen LogP contribution in [0, 0.1) is 11.6 Å². The third kappa shape index (κ3) is 3.13. The fourth-order valence-corrected chi connectivity index (χ4v) is 2.37. The van der Waals surface area contributed by atoms with Crippen LogP contribution in [0.3, 0.4) is 0 Å². The quantitative estimate of drug-likeness (QED) is 0.757. The predicted molar refractivity (Wildman–Crippen MR) is 77.6 cm³/mol. The van der Waals surface area contributed by atoms with Gasteiger partial charge in [0.15, 0.2) is 5.78 Å². The lowest BCUT2D eigenvalue weighted by Gasteiger charge is -2.07. The van der Waals surface area contributed by atoms with Gasteiger partial charge in [0.1, 0.15) is 17.4 Å². The summed E-state index contributed by atoms with van der Waals surface area (Å²) >= 11 is 2.98. The number of carbonyl (C=O) groups is 1. The van der Waals surface area contributed by atoms with E-state index < -0.39 is 23.0 Å². The maximum absolute atomic E-state index is 13.8. The van der Waals surface area contributed by atoms with E-state index in [0.717, 1.165) is 25.0 Å². The van der Waals surface area contributed by atoms with Gasteiger partial charge >= 0.3 is 0 Å². The average Bonchev–Trinajstić information content (AvgIpc) is 3.22. The molecule has 2 aromatic rings. The number of ketones is 1. The molecular formula is C16H11BrF2O2. The Morgan fingerprint density at radius 2 is 1.67 bits per heavy atom. The van der Waals surface area contributed by atoms with Crippen molar-refractivity contribution in [3.05, 3.63) is 63.6 Å². The second kappa shape index (κ2) is 5.56. The van der Waals surface area contributed by atoms with E-state index in [4.69, 9.17) is 4.74 Å². The fourth-order valence-electron chi connectivity index (χ4n) is 1.97. The first-order valence-electron chi connectivity index (χ1n) is 6.50. The first-order valence-corrected chi connectivity index (χ1v) is 7.30. The minimum atomic E-state index is -0.884. The Labute approximate surface area is 128 Å². The molecule has 0 unspecified atom stereocenters.